The van der Waals surface area contributed by atoms with Crippen LogP contribution in [0.3, 0.4) is 0 Å². The number of amides is 2. The van der Waals surface area contributed by atoms with Crippen LogP contribution in [0.25, 0.3) is 0 Å². The molecule has 0 atom stereocenters. The normalized spacial score (nSPS) is 13.4. The monoisotopic (exact) mass is 339 g/mol. The zero-order valence-electron chi connectivity index (χ0n) is 14.4. The molecular formula is C19H21N3O3. The Morgan fingerprint density at radius 2 is 1.96 bits per heavy atom. The maximum absolute atomic E-state index is 12.3. The number of benzene rings is 2. The van der Waals surface area contributed by atoms with E-state index in [9.17, 15) is 9.59 Å². The minimum absolute atomic E-state index is 0.0104. The zero-order chi connectivity index (χ0) is 17.8. The fraction of sp³-hybridized carbons (Fsp3) is 0.263. The highest BCUT2D eigenvalue weighted by atomic mass is 16.5. The predicted molar refractivity (Wildman–Crippen MR) is 97.2 cm³/mol. The number of likely N-dealkylation sites (N-methyl/N-ethyl adjacent to an activating group) is 1. The molecule has 0 saturated heterocycles. The number of nitrogens with one attached hydrogen (secondary N) is 1. The number of anilines is 2. The Labute approximate surface area is 147 Å². The van der Waals surface area contributed by atoms with Crippen molar-refractivity contribution in [2.24, 2.45) is 0 Å². The van der Waals surface area contributed by atoms with Crippen LogP contribution in [0.2, 0.25) is 0 Å². The molecule has 0 fully saturated rings. The largest absolute Gasteiger partial charge is 0.481 e. The Balaban J connectivity index is 1.77. The van der Waals surface area contributed by atoms with Crippen molar-refractivity contribution in [1.29, 1.82) is 0 Å². The molecule has 0 aromatic heterocycles. The van der Waals surface area contributed by atoms with E-state index < -0.39 is 0 Å². The van der Waals surface area contributed by atoms with Gasteiger partial charge in [-0.2, -0.15) is 0 Å². The van der Waals surface area contributed by atoms with Gasteiger partial charge in [0.2, 0.25) is 0 Å². The van der Waals surface area contributed by atoms with Crippen LogP contribution in [-0.4, -0.2) is 50.5 Å². The number of carbonyl (C=O) groups excluding carboxylic acids is 2. The number of hydrogen-bond donors (Lipinski definition) is 1. The molecule has 1 aliphatic rings. The molecule has 0 radical (unpaired) electrons. The lowest BCUT2D eigenvalue weighted by atomic mass is 10.2. The van der Waals surface area contributed by atoms with Gasteiger partial charge in [0.1, 0.15) is 5.75 Å². The molecule has 2 aromatic rings. The van der Waals surface area contributed by atoms with Crippen molar-refractivity contribution in [1.82, 2.24) is 4.90 Å². The van der Waals surface area contributed by atoms with Crippen molar-refractivity contribution >= 4 is 23.2 Å². The minimum atomic E-state index is -0.183. The summed E-state index contributed by atoms with van der Waals surface area (Å²) in [5.74, 6) is 0.358. The number of carbonyl (C=O) groups is 2. The molecule has 25 heavy (non-hydrogen) atoms. The van der Waals surface area contributed by atoms with E-state index in [4.69, 9.17) is 4.74 Å². The van der Waals surface area contributed by atoms with E-state index >= 15 is 0 Å². The molecule has 0 spiro atoms. The van der Waals surface area contributed by atoms with Crippen molar-refractivity contribution in [3.8, 4) is 5.75 Å². The molecule has 6 heteroatoms. The van der Waals surface area contributed by atoms with Gasteiger partial charge in [0, 0.05) is 30.4 Å². The third-order valence-corrected chi connectivity index (χ3v) is 3.97. The number of ether oxygens (including phenoxy) is 1. The van der Waals surface area contributed by atoms with Crippen LogP contribution >= 0.6 is 0 Å². The molecule has 1 aliphatic heterocycles. The quantitative estimate of drug-likeness (QED) is 0.907. The average molecular weight is 339 g/mol. The number of nitrogens with zero attached hydrogens (tertiary/aromatic N) is 2. The first-order chi connectivity index (χ1) is 12.0. The van der Waals surface area contributed by atoms with E-state index in [-0.39, 0.29) is 18.4 Å². The molecule has 130 valence electrons. The zero-order valence-corrected chi connectivity index (χ0v) is 14.4. The van der Waals surface area contributed by atoms with E-state index in [1.807, 2.05) is 43.3 Å². The van der Waals surface area contributed by atoms with Gasteiger partial charge in [-0.25, -0.2) is 0 Å². The summed E-state index contributed by atoms with van der Waals surface area (Å²) in [5.41, 5.74) is 1.95. The topological polar surface area (TPSA) is 61.9 Å². The first-order valence-electron chi connectivity index (χ1n) is 8.13. The molecule has 2 aromatic carbocycles. The molecule has 1 N–H and O–H groups in total. The fourth-order valence-corrected chi connectivity index (χ4v) is 2.62. The fourth-order valence-electron chi connectivity index (χ4n) is 2.62. The molecule has 0 aliphatic carbocycles. The summed E-state index contributed by atoms with van der Waals surface area (Å²) < 4.78 is 5.54. The van der Waals surface area contributed by atoms with Gasteiger partial charge in [-0.3, -0.25) is 9.59 Å². The molecule has 6 nitrogen and oxygen atoms in total. The summed E-state index contributed by atoms with van der Waals surface area (Å²) >= 11 is 0. The Hall–Kier alpha value is -2.86. The first-order valence-corrected chi connectivity index (χ1v) is 8.13. The summed E-state index contributed by atoms with van der Waals surface area (Å²) in [5, 5.41) is 2.85. The Morgan fingerprint density at radius 3 is 2.68 bits per heavy atom. The van der Waals surface area contributed by atoms with Crippen LogP contribution in [0, 0.1) is 0 Å². The van der Waals surface area contributed by atoms with Crippen LogP contribution in [0.5, 0.6) is 5.75 Å². The second-order valence-corrected chi connectivity index (χ2v) is 6.14. The highest BCUT2D eigenvalue weighted by Gasteiger charge is 2.25. The van der Waals surface area contributed by atoms with E-state index in [1.165, 1.54) is 0 Å². The average Bonchev–Trinajstić information content (AvgIpc) is 2.61. The number of hydrogen-bond acceptors (Lipinski definition) is 4. The van der Waals surface area contributed by atoms with Gasteiger partial charge in [0.05, 0.1) is 5.69 Å². The van der Waals surface area contributed by atoms with Crippen LogP contribution in [0.1, 0.15) is 10.4 Å². The first kappa shape index (κ1) is 17.0. The van der Waals surface area contributed by atoms with Crippen molar-refractivity contribution in [3.63, 3.8) is 0 Å². The molecule has 0 unspecified atom stereocenters. The van der Waals surface area contributed by atoms with Gasteiger partial charge in [-0.1, -0.05) is 18.2 Å². The number of fused-ring (bicyclic) bond motifs is 1. The van der Waals surface area contributed by atoms with Gasteiger partial charge in [-0.05, 0) is 38.4 Å². The van der Waals surface area contributed by atoms with Crippen molar-refractivity contribution in [2.75, 3.05) is 44.0 Å². The second-order valence-electron chi connectivity index (χ2n) is 6.14. The van der Waals surface area contributed by atoms with Crippen molar-refractivity contribution in [3.05, 3.63) is 54.1 Å². The lowest BCUT2D eigenvalue weighted by Gasteiger charge is -2.30. The molecular weight excluding hydrogens is 318 g/mol. The lowest BCUT2D eigenvalue weighted by molar-refractivity contribution is -0.121. The minimum Gasteiger partial charge on any atom is -0.481 e. The van der Waals surface area contributed by atoms with Gasteiger partial charge in [-0.15, -0.1) is 0 Å². The predicted octanol–water partition coefficient (Wildman–Crippen LogP) is 2.23. The Morgan fingerprint density at radius 1 is 1.20 bits per heavy atom. The van der Waals surface area contributed by atoms with Crippen molar-refractivity contribution < 1.29 is 14.3 Å². The van der Waals surface area contributed by atoms with E-state index in [0.29, 0.717) is 23.5 Å². The maximum atomic E-state index is 12.3. The summed E-state index contributed by atoms with van der Waals surface area (Å²) in [4.78, 5) is 28.1. The van der Waals surface area contributed by atoms with Gasteiger partial charge < -0.3 is 19.9 Å². The molecule has 0 saturated carbocycles. The van der Waals surface area contributed by atoms with Crippen molar-refractivity contribution in [2.45, 2.75) is 0 Å². The molecule has 3 rings (SSSR count). The van der Waals surface area contributed by atoms with Gasteiger partial charge >= 0.3 is 0 Å². The number of rotatable bonds is 5. The lowest BCUT2D eigenvalue weighted by Crippen LogP contribution is -2.42. The highest BCUT2D eigenvalue weighted by Crippen LogP contribution is 2.34. The Kier molecular flexibility index (Phi) is 5.00. The van der Waals surface area contributed by atoms with E-state index in [2.05, 4.69) is 5.32 Å². The third-order valence-electron chi connectivity index (χ3n) is 3.97. The summed E-state index contributed by atoms with van der Waals surface area (Å²) in [7, 11) is 3.93. The summed E-state index contributed by atoms with van der Waals surface area (Å²) in [6.07, 6.45) is 0. The second kappa shape index (κ2) is 7.36. The van der Waals surface area contributed by atoms with Crippen LogP contribution < -0.4 is 15.0 Å². The van der Waals surface area contributed by atoms with E-state index in [0.717, 1.165) is 12.2 Å². The Bertz CT molecular complexity index is 775. The van der Waals surface area contributed by atoms with Crippen LogP contribution in [0.15, 0.2) is 48.5 Å². The SMILES string of the molecule is CN(C)CCN1C(=O)COc2cc(NC(=O)c3ccccc3)ccc21. The smallest absolute Gasteiger partial charge is 0.265 e. The standard InChI is InChI=1S/C19H21N3O3/c1-21(2)10-11-22-16-9-8-15(12-17(16)25-13-18(22)23)20-19(24)14-6-4-3-5-7-14/h3-9,12H,10-11,13H2,1-2H3,(H,20,24). The summed E-state index contributed by atoms with van der Waals surface area (Å²) in [6, 6.07) is 14.4. The molecule has 1 heterocycles. The molecule has 0 bridgehead atoms. The highest BCUT2D eigenvalue weighted by molar-refractivity contribution is 6.05. The van der Waals surface area contributed by atoms with E-state index in [1.54, 1.807) is 29.2 Å². The van der Waals surface area contributed by atoms with Gasteiger partial charge in [0.25, 0.3) is 11.8 Å². The third kappa shape index (κ3) is 3.97. The van der Waals surface area contributed by atoms with Crippen LogP contribution in [0.4, 0.5) is 11.4 Å². The maximum Gasteiger partial charge on any atom is 0.265 e. The van der Waals surface area contributed by atoms with Crippen LogP contribution in [-0.2, 0) is 4.79 Å². The summed E-state index contributed by atoms with van der Waals surface area (Å²) in [6.45, 7) is 1.37. The molecule has 2 amide bonds. The van der Waals surface area contributed by atoms with Gasteiger partial charge in [0.15, 0.2) is 6.61 Å².